The zero-order valence-electron chi connectivity index (χ0n) is 13.5. The van der Waals surface area contributed by atoms with Gasteiger partial charge in [0.2, 0.25) is 0 Å². The van der Waals surface area contributed by atoms with Gasteiger partial charge < -0.3 is 4.74 Å². The molecule has 0 bridgehead atoms. The molecular weight excluding hydrogens is 300 g/mol. The van der Waals surface area contributed by atoms with Crippen LogP contribution >= 0.6 is 0 Å². The quantitative estimate of drug-likeness (QED) is 0.872. The molecule has 124 valence electrons. The summed E-state index contributed by atoms with van der Waals surface area (Å²) >= 11 is 0. The maximum Gasteiger partial charge on any atom is 0.279 e. The van der Waals surface area contributed by atoms with Gasteiger partial charge in [-0.25, -0.2) is 0 Å². The second-order valence-electron chi connectivity index (χ2n) is 6.25. The van der Waals surface area contributed by atoms with Crippen molar-refractivity contribution in [2.75, 3.05) is 26.7 Å². The van der Waals surface area contributed by atoms with E-state index in [4.69, 9.17) is 4.74 Å². The van der Waals surface area contributed by atoms with E-state index in [2.05, 4.69) is 18.6 Å². The molecule has 0 amide bonds. The summed E-state index contributed by atoms with van der Waals surface area (Å²) in [6.45, 7) is 5.60. The van der Waals surface area contributed by atoms with Crippen molar-refractivity contribution in [3.05, 3.63) is 35.9 Å². The molecular formula is C16H26N2O3S. The summed E-state index contributed by atoms with van der Waals surface area (Å²) in [4.78, 5) is 0. The molecule has 1 aliphatic heterocycles. The van der Waals surface area contributed by atoms with Crippen LogP contribution < -0.4 is 4.72 Å². The molecule has 1 N–H and O–H groups in total. The van der Waals surface area contributed by atoms with Crippen LogP contribution in [0.2, 0.25) is 0 Å². The molecule has 22 heavy (non-hydrogen) atoms. The molecule has 6 heteroatoms. The van der Waals surface area contributed by atoms with Gasteiger partial charge in [-0.15, -0.1) is 0 Å². The Kier molecular flexibility index (Phi) is 5.97. The van der Waals surface area contributed by atoms with Crippen LogP contribution in [0.15, 0.2) is 30.3 Å². The number of nitrogens with one attached hydrogen (secondary N) is 1. The van der Waals surface area contributed by atoms with Crippen LogP contribution in [0.25, 0.3) is 0 Å². The molecule has 1 fully saturated rings. The summed E-state index contributed by atoms with van der Waals surface area (Å²) in [6, 6.07) is 9.64. The van der Waals surface area contributed by atoms with Gasteiger partial charge in [0.25, 0.3) is 10.2 Å². The van der Waals surface area contributed by atoms with Gasteiger partial charge in [0.05, 0.1) is 6.10 Å². The highest BCUT2D eigenvalue weighted by Crippen LogP contribution is 2.23. The number of hydrogen-bond donors (Lipinski definition) is 1. The molecule has 1 aliphatic rings. The Morgan fingerprint density at radius 1 is 1.23 bits per heavy atom. The van der Waals surface area contributed by atoms with Gasteiger partial charge in [-0.2, -0.15) is 17.4 Å². The van der Waals surface area contributed by atoms with Gasteiger partial charge in [0, 0.05) is 26.7 Å². The average molecular weight is 326 g/mol. The Morgan fingerprint density at radius 3 is 2.36 bits per heavy atom. The third-order valence-corrected chi connectivity index (χ3v) is 5.59. The van der Waals surface area contributed by atoms with E-state index >= 15 is 0 Å². The standard InChI is InChI=1S/C16H26N2O3S/c1-13-9-14(2)12-18(11-13)22(19,20)17-10-16(21-3)15-7-5-4-6-8-15/h4-8,13-14,16-17H,9-12H2,1-3H3. The van der Waals surface area contributed by atoms with Crippen molar-refractivity contribution in [1.82, 2.24) is 9.03 Å². The monoisotopic (exact) mass is 326 g/mol. The Hall–Kier alpha value is -0.950. The summed E-state index contributed by atoms with van der Waals surface area (Å²) in [7, 11) is -1.86. The number of hydrogen-bond acceptors (Lipinski definition) is 3. The third-order valence-electron chi connectivity index (χ3n) is 4.08. The molecule has 0 aliphatic carbocycles. The van der Waals surface area contributed by atoms with Gasteiger partial charge in [0.15, 0.2) is 0 Å². The summed E-state index contributed by atoms with van der Waals surface area (Å²) in [5.41, 5.74) is 0.966. The molecule has 1 saturated heterocycles. The number of piperidine rings is 1. The molecule has 1 aromatic rings. The Labute approximate surface area is 133 Å². The molecule has 3 unspecified atom stereocenters. The average Bonchev–Trinajstić information content (AvgIpc) is 2.48. The molecule has 0 aromatic heterocycles. The van der Waals surface area contributed by atoms with E-state index in [0.29, 0.717) is 24.9 Å². The summed E-state index contributed by atoms with van der Waals surface area (Å²) in [6.07, 6.45) is 0.798. The fourth-order valence-corrected chi connectivity index (χ4v) is 4.53. The van der Waals surface area contributed by atoms with E-state index in [0.717, 1.165) is 12.0 Å². The molecule has 3 atom stereocenters. The lowest BCUT2D eigenvalue weighted by atomic mass is 9.94. The zero-order valence-corrected chi connectivity index (χ0v) is 14.3. The second-order valence-corrected chi connectivity index (χ2v) is 8.01. The highest BCUT2D eigenvalue weighted by molar-refractivity contribution is 7.87. The second kappa shape index (κ2) is 7.55. The topological polar surface area (TPSA) is 58.6 Å². The summed E-state index contributed by atoms with van der Waals surface area (Å²) in [5, 5.41) is 0. The lowest BCUT2D eigenvalue weighted by Crippen LogP contribution is -2.48. The number of nitrogens with zero attached hydrogens (tertiary/aromatic N) is 1. The van der Waals surface area contributed by atoms with Crippen LogP contribution in [-0.4, -0.2) is 39.5 Å². The highest BCUT2D eigenvalue weighted by Gasteiger charge is 2.30. The maximum absolute atomic E-state index is 12.5. The Morgan fingerprint density at radius 2 is 1.82 bits per heavy atom. The smallest absolute Gasteiger partial charge is 0.279 e. The normalized spacial score (nSPS) is 25.0. The molecule has 1 heterocycles. The summed E-state index contributed by atoms with van der Waals surface area (Å²) < 4.78 is 34.6. The van der Waals surface area contributed by atoms with Gasteiger partial charge >= 0.3 is 0 Å². The van der Waals surface area contributed by atoms with Gasteiger partial charge in [-0.1, -0.05) is 44.2 Å². The van der Waals surface area contributed by atoms with Crippen molar-refractivity contribution in [2.24, 2.45) is 11.8 Å². The van der Waals surface area contributed by atoms with E-state index in [1.54, 1.807) is 11.4 Å². The first kappa shape index (κ1) is 17.4. The van der Waals surface area contributed by atoms with Crippen molar-refractivity contribution in [1.29, 1.82) is 0 Å². The Bertz CT molecular complexity index is 552. The number of methoxy groups -OCH3 is 1. The fourth-order valence-electron chi connectivity index (χ4n) is 3.08. The van der Waals surface area contributed by atoms with Crippen LogP contribution in [0.3, 0.4) is 0 Å². The van der Waals surface area contributed by atoms with Crippen LogP contribution in [-0.2, 0) is 14.9 Å². The third kappa shape index (κ3) is 4.52. The minimum atomic E-state index is -3.46. The first-order valence-electron chi connectivity index (χ1n) is 7.75. The Balaban J connectivity index is 1.99. The van der Waals surface area contributed by atoms with Crippen LogP contribution in [0.4, 0.5) is 0 Å². The molecule has 1 aromatic carbocycles. The van der Waals surface area contributed by atoms with Crippen molar-refractivity contribution < 1.29 is 13.2 Å². The fraction of sp³-hybridized carbons (Fsp3) is 0.625. The SMILES string of the molecule is COC(CNS(=O)(=O)N1CC(C)CC(C)C1)c1ccccc1. The van der Waals surface area contributed by atoms with Gasteiger partial charge in [0.1, 0.15) is 0 Å². The largest absolute Gasteiger partial charge is 0.375 e. The molecule has 5 nitrogen and oxygen atoms in total. The van der Waals surface area contributed by atoms with E-state index in [1.165, 1.54) is 0 Å². The van der Waals surface area contributed by atoms with Crippen molar-refractivity contribution in [3.8, 4) is 0 Å². The number of ether oxygens (including phenoxy) is 1. The van der Waals surface area contributed by atoms with Crippen LogP contribution in [0, 0.1) is 11.8 Å². The first-order chi connectivity index (χ1) is 10.4. The minimum Gasteiger partial charge on any atom is -0.375 e. The minimum absolute atomic E-state index is 0.238. The summed E-state index contributed by atoms with van der Waals surface area (Å²) in [5.74, 6) is 0.792. The first-order valence-corrected chi connectivity index (χ1v) is 9.19. The highest BCUT2D eigenvalue weighted by atomic mass is 32.2. The van der Waals surface area contributed by atoms with Crippen LogP contribution in [0.1, 0.15) is 31.9 Å². The molecule has 2 rings (SSSR count). The predicted molar refractivity (Wildman–Crippen MR) is 87.6 cm³/mol. The maximum atomic E-state index is 12.5. The van der Waals surface area contributed by atoms with E-state index in [9.17, 15) is 8.42 Å². The van der Waals surface area contributed by atoms with Gasteiger partial charge in [-0.05, 0) is 23.8 Å². The van der Waals surface area contributed by atoms with Crippen molar-refractivity contribution in [3.63, 3.8) is 0 Å². The van der Waals surface area contributed by atoms with E-state index < -0.39 is 10.2 Å². The lowest BCUT2D eigenvalue weighted by molar-refractivity contribution is 0.106. The predicted octanol–water partition coefficient (Wildman–Crippen LogP) is 2.19. The van der Waals surface area contributed by atoms with Crippen molar-refractivity contribution in [2.45, 2.75) is 26.4 Å². The van der Waals surface area contributed by atoms with E-state index in [-0.39, 0.29) is 12.6 Å². The van der Waals surface area contributed by atoms with Crippen molar-refractivity contribution >= 4 is 10.2 Å². The van der Waals surface area contributed by atoms with Crippen LogP contribution in [0.5, 0.6) is 0 Å². The zero-order chi connectivity index (χ0) is 16.2. The van der Waals surface area contributed by atoms with E-state index in [1.807, 2.05) is 30.3 Å². The lowest BCUT2D eigenvalue weighted by Gasteiger charge is -2.34. The molecule has 0 spiro atoms. The number of rotatable bonds is 6. The molecule has 0 radical (unpaired) electrons. The number of benzene rings is 1. The molecule has 0 saturated carbocycles. The van der Waals surface area contributed by atoms with Gasteiger partial charge in [-0.3, -0.25) is 0 Å².